The van der Waals surface area contributed by atoms with Crippen LogP contribution in [-0.2, 0) is 16.1 Å². The minimum Gasteiger partial charge on any atom is -0.497 e. The first-order chi connectivity index (χ1) is 13.0. The maximum atomic E-state index is 11.9. The van der Waals surface area contributed by atoms with E-state index < -0.39 is 0 Å². The van der Waals surface area contributed by atoms with Gasteiger partial charge >= 0.3 is 0 Å². The Bertz CT molecular complexity index is 610. The lowest BCUT2D eigenvalue weighted by molar-refractivity contribution is -0.127. The minimum atomic E-state index is -0.0268. The van der Waals surface area contributed by atoms with E-state index in [1.807, 2.05) is 36.2 Å². The number of rotatable bonds is 7. The Balaban J connectivity index is 2.01. The van der Waals surface area contributed by atoms with E-state index in [0.717, 1.165) is 30.8 Å². The smallest absolute Gasteiger partial charge is 0.243 e. The summed E-state index contributed by atoms with van der Waals surface area (Å²) in [6, 6.07) is 7.95. The number of ether oxygens (including phenoxy) is 2. The zero-order valence-corrected chi connectivity index (χ0v) is 16.9. The molecule has 27 heavy (non-hydrogen) atoms. The maximum Gasteiger partial charge on any atom is 0.243 e. The molecule has 1 N–H and O–H groups in total. The molecule has 0 aliphatic carbocycles. The van der Waals surface area contributed by atoms with Crippen molar-refractivity contribution in [3.8, 4) is 5.75 Å². The molecule has 1 fully saturated rings. The van der Waals surface area contributed by atoms with E-state index in [4.69, 9.17) is 9.47 Å². The molecule has 0 aromatic heterocycles. The molecule has 1 aliphatic rings. The van der Waals surface area contributed by atoms with E-state index in [9.17, 15) is 4.79 Å². The zero-order valence-electron chi connectivity index (χ0n) is 16.9. The van der Waals surface area contributed by atoms with Crippen LogP contribution in [0, 0.1) is 0 Å². The summed E-state index contributed by atoms with van der Waals surface area (Å²) in [6.07, 6.45) is 3.58. The number of aliphatic imine (C=N–C) groups is 1. The fraction of sp³-hybridized carbons (Fsp3) is 0.600. The molecule has 2 rings (SSSR count). The number of methoxy groups -OCH3 is 1. The summed E-state index contributed by atoms with van der Waals surface area (Å²) >= 11 is 0. The molecule has 0 bridgehead atoms. The minimum absolute atomic E-state index is 0.0268. The number of carbonyl (C=O) groups excluding carboxylic acids is 1. The lowest BCUT2D eigenvalue weighted by Gasteiger charge is -2.27. The van der Waals surface area contributed by atoms with E-state index >= 15 is 0 Å². The molecule has 0 spiro atoms. The van der Waals surface area contributed by atoms with Gasteiger partial charge in [0, 0.05) is 40.8 Å². The SMILES string of the molecule is COc1ccc(CN(C)C(=NCC(=O)N(C)C)NCC2CCCCO2)cc1. The van der Waals surface area contributed by atoms with Crippen molar-refractivity contribution in [1.29, 1.82) is 0 Å². The first kappa shape index (κ1) is 21.0. The highest BCUT2D eigenvalue weighted by Crippen LogP contribution is 2.13. The number of carbonyl (C=O) groups is 1. The third-order valence-electron chi connectivity index (χ3n) is 4.57. The summed E-state index contributed by atoms with van der Waals surface area (Å²) in [5.41, 5.74) is 1.14. The lowest BCUT2D eigenvalue weighted by atomic mass is 10.1. The second kappa shape index (κ2) is 10.8. The molecule has 1 aromatic rings. The van der Waals surface area contributed by atoms with E-state index in [-0.39, 0.29) is 18.6 Å². The molecule has 1 amide bonds. The molecule has 1 unspecified atom stereocenters. The van der Waals surface area contributed by atoms with Crippen LogP contribution in [-0.4, -0.2) is 75.7 Å². The third-order valence-corrected chi connectivity index (χ3v) is 4.57. The molecule has 1 aromatic carbocycles. The predicted octanol–water partition coefficient (Wildman–Crippen LogP) is 1.73. The number of likely N-dealkylation sites (N-methyl/N-ethyl adjacent to an activating group) is 1. The number of nitrogens with zero attached hydrogens (tertiary/aromatic N) is 3. The van der Waals surface area contributed by atoms with Crippen LogP contribution in [0.5, 0.6) is 5.75 Å². The van der Waals surface area contributed by atoms with Crippen molar-refractivity contribution in [2.75, 3.05) is 47.9 Å². The second-order valence-electron chi connectivity index (χ2n) is 7.00. The number of amides is 1. The molecule has 1 atom stereocenters. The summed E-state index contributed by atoms with van der Waals surface area (Å²) in [5.74, 6) is 1.51. The molecule has 0 saturated carbocycles. The van der Waals surface area contributed by atoms with Crippen molar-refractivity contribution in [3.05, 3.63) is 29.8 Å². The Kier molecular flexibility index (Phi) is 8.39. The van der Waals surface area contributed by atoms with Crippen molar-refractivity contribution in [1.82, 2.24) is 15.1 Å². The largest absolute Gasteiger partial charge is 0.497 e. The topological polar surface area (TPSA) is 66.4 Å². The first-order valence-corrected chi connectivity index (χ1v) is 9.43. The van der Waals surface area contributed by atoms with Gasteiger partial charge < -0.3 is 24.6 Å². The Morgan fingerprint density at radius 2 is 2.00 bits per heavy atom. The fourth-order valence-electron chi connectivity index (χ4n) is 2.85. The lowest BCUT2D eigenvalue weighted by Crippen LogP contribution is -2.43. The zero-order chi connectivity index (χ0) is 19.6. The number of guanidine groups is 1. The van der Waals surface area contributed by atoms with E-state index in [1.54, 1.807) is 26.1 Å². The van der Waals surface area contributed by atoms with Crippen LogP contribution < -0.4 is 10.1 Å². The van der Waals surface area contributed by atoms with E-state index in [2.05, 4.69) is 10.3 Å². The van der Waals surface area contributed by atoms with Crippen LogP contribution in [0.1, 0.15) is 24.8 Å². The van der Waals surface area contributed by atoms with Crippen LogP contribution in [0.25, 0.3) is 0 Å². The van der Waals surface area contributed by atoms with Crippen LogP contribution in [0.3, 0.4) is 0 Å². The number of benzene rings is 1. The highest BCUT2D eigenvalue weighted by atomic mass is 16.5. The van der Waals surface area contributed by atoms with Gasteiger partial charge in [-0.25, -0.2) is 4.99 Å². The predicted molar refractivity (Wildman–Crippen MR) is 107 cm³/mol. The van der Waals surface area contributed by atoms with Crippen molar-refractivity contribution < 1.29 is 14.3 Å². The summed E-state index contributed by atoms with van der Waals surface area (Å²) < 4.78 is 11.0. The Morgan fingerprint density at radius 1 is 1.26 bits per heavy atom. The fourth-order valence-corrected chi connectivity index (χ4v) is 2.85. The first-order valence-electron chi connectivity index (χ1n) is 9.43. The normalized spacial score (nSPS) is 17.3. The van der Waals surface area contributed by atoms with Gasteiger partial charge in [0.25, 0.3) is 0 Å². The van der Waals surface area contributed by atoms with E-state index in [1.165, 1.54) is 6.42 Å². The van der Waals surface area contributed by atoms with E-state index in [0.29, 0.717) is 19.0 Å². The second-order valence-corrected chi connectivity index (χ2v) is 7.00. The van der Waals surface area contributed by atoms with Gasteiger partial charge in [0.2, 0.25) is 5.91 Å². The summed E-state index contributed by atoms with van der Waals surface area (Å²) in [7, 11) is 7.10. The molecule has 1 saturated heterocycles. The van der Waals surface area contributed by atoms with Gasteiger partial charge in [-0.1, -0.05) is 12.1 Å². The molecule has 150 valence electrons. The molecule has 7 nitrogen and oxygen atoms in total. The molecule has 1 heterocycles. The van der Waals surface area contributed by atoms with Crippen LogP contribution in [0.2, 0.25) is 0 Å². The summed E-state index contributed by atoms with van der Waals surface area (Å²) in [4.78, 5) is 20.0. The number of hydrogen-bond donors (Lipinski definition) is 1. The standard InChI is InChI=1S/C20H32N4O3/c1-23(2)19(25)14-22-20(21-13-18-7-5-6-12-27-18)24(3)15-16-8-10-17(26-4)11-9-16/h8-11,18H,5-7,12-15H2,1-4H3,(H,21,22). The Morgan fingerprint density at radius 3 is 2.59 bits per heavy atom. The van der Waals surface area contributed by atoms with Gasteiger partial charge in [-0.2, -0.15) is 0 Å². The van der Waals surface area contributed by atoms with Crippen molar-refractivity contribution in [2.24, 2.45) is 4.99 Å². The quantitative estimate of drug-likeness (QED) is 0.580. The monoisotopic (exact) mass is 376 g/mol. The van der Waals surface area contributed by atoms with Crippen molar-refractivity contribution in [2.45, 2.75) is 31.9 Å². The highest BCUT2D eigenvalue weighted by molar-refractivity contribution is 5.84. The van der Waals surface area contributed by atoms with Gasteiger partial charge in [-0.05, 0) is 37.0 Å². The molecular formula is C20H32N4O3. The molecule has 7 heteroatoms. The van der Waals surface area contributed by atoms with Gasteiger partial charge in [0.1, 0.15) is 12.3 Å². The summed E-state index contributed by atoms with van der Waals surface area (Å²) in [6.45, 7) is 2.31. The van der Waals surface area contributed by atoms with Gasteiger partial charge in [-0.15, -0.1) is 0 Å². The van der Waals surface area contributed by atoms with Crippen LogP contribution in [0.4, 0.5) is 0 Å². The molecule has 1 aliphatic heterocycles. The van der Waals surface area contributed by atoms with Gasteiger partial charge in [0.05, 0.1) is 13.2 Å². The van der Waals surface area contributed by atoms with Crippen LogP contribution >= 0.6 is 0 Å². The average molecular weight is 377 g/mol. The van der Waals surface area contributed by atoms with Crippen molar-refractivity contribution in [3.63, 3.8) is 0 Å². The number of hydrogen-bond acceptors (Lipinski definition) is 4. The van der Waals surface area contributed by atoms with Crippen molar-refractivity contribution >= 4 is 11.9 Å². The van der Waals surface area contributed by atoms with Gasteiger partial charge in [-0.3, -0.25) is 4.79 Å². The molecule has 0 radical (unpaired) electrons. The maximum absolute atomic E-state index is 11.9. The van der Waals surface area contributed by atoms with Gasteiger partial charge in [0.15, 0.2) is 5.96 Å². The Labute approximate surface area is 162 Å². The average Bonchev–Trinajstić information content (AvgIpc) is 2.69. The third kappa shape index (κ3) is 7.09. The molecular weight excluding hydrogens is 344 g/mol. The number of nitrogens with one attached hydrogen (secondary N) is 1. The Hall–Kier alpha value is -2.28. The highest BCUT2D eigenvalue weighted by Gasteiger charge is 2.16. The van der Waals surface area contributed by atoms with Crippen LogP contribution in [0.15, 0.2) is 29.3 Å². The summed E-state index contributed by atoms with van der Waals surface area (Å²) in [5, 5.41) is 3.38.